The monoisotopic (exact) mass is 297 g/mol. The van der Waals surface area contributed by atoms with Crippen molar-refractivity contribution in [1.82, 2.24) is 4.98 Å². The lowest BCUT2D eigenvalue weighted by Gasteiger charge is -2.08. The molecule has 4 nitrogen and oxygen atoms in total. The number of nitrogens with two attached hydrogens (primary N) is 1. The topological polar surface area (TPSA) is 68.0 Å². The van der Waals surface area contributed by atoms with Crippen molar-refractivity contribution >= 4 is 23.4 Å². The molecule has 0 unspecified atom stereocenters. The van der Waals surface area contributed by atoms with E-state index in [2.05, 4.69) is 22.1 Å². The summed E-state index contributed by atoms with van der Waals surface area (Å²) in [6.45, 7) is 0.299. The molecule has 21 heavy (non-hydrogen) atoms. The van der Waals surface area contributed by atoms with Crippen LogP contribution < -0.4 is 11.1 Å². The maximum Gasteiger partial charge on any atom is 0.274 e. The number of thioether (sulfide) groups is 1. The van der Waals surface area contributed by atoms with Gasteiger partial charge in [0.2, 0.25) is 0 Å². The molecule has 0 aliphatic carbocycles. The third-order valence-electron chi connectivity index (χ3n) is 2.69. The molecule has 0 spiro atoms. The Kier molecular flexibility index (Phi) is 5.38. The molecule has 0 fully saturated rings. The van der Waals surface area contributed by atoms with Gasteiger partial charge in [0.15, 0.2) is 0 Å². The number of para-hydroxylation sites is 1. The Labute approximate surface area is 128 Å². The fourth-order valence-electron chi connectivity index (χ4n) is 1.69. The number of amides is 1. The molecule has 0 saturated heterocycles. The molecule has 1 amide bonds. The highest BCUT2D eigenvalue weighted by molar-refractivity contribution is 7.98. The van der Waals surface area contributed by atoms with Crippen LogP contribution in [0.5, 0.6) is 0 Å². The lowest BCUT2D eigenvalue weighted by atomic mass is 10.2. The minimum Gasteiger partial charge on any atom is -0.320 e. The second-order valence-corrected chi connectivity index (χ2v) is 4.94. The van der Waals surface area contributed by atoms with E-state index in [1.54, 1.807) is 30.1 Å². The Hall–Kier alpha value is -2.29. The number of pyridine rings is 1. The first kappa shape index (κ1) is 15.1. The SMILES string of the molecule is CSc1ccccc1NC(=O)c1ccc(C#CCN)cn1. The van der Waals surface area contributed by atoms with Crippen LogP contribution in [-0.2, 0) is 0 Å². The molecule has 3 N–H and O–H groups in total. The van der Waals surface area contributed by atoms with Gasteiger partial charge < -0.3 is 11.1 Å². The van der Waals surface area contributed by atoms with Gasteiger partial charge in [0, 0.05) is 16.7 Å². The van der Waals surface area contributed by atoms with Gasteiger partial charge in [-0.05, 0) is 30.5 Å². The molecule has 1 heterocycles. The van der Waals surface area contributed by atoms with Gasteiger partial charge in [-0.1, -0.05) is 24.0 Å². The highest BCUT2D eigenvalue weighted by Gasteiger charge is 2.09. The summed E-state index contributed by atoms with van der Waals surface area (Å²) in [7, 11) is 0. The van der Waals surface area contributed by atoms with Crippen LogP contribution in [0.1, 0.15) is 16.1 Å². The first-order valence-electron chi connectivity index (χ1n) is 6.34. The number of nitrogens with one attached hydrogen (secondary N) is 1. The number of anilines is 1. The van der Waals surface area contributed by atoms with Crippen LogP contribution in [-0.4, -0.2) is 23.7 Å². The van der Waals surface area contributed by atoms with E-state index in [1.165, 1.54) is 0 Å². The van der Waals surface area contributed by atoms with E-state index in [4.69, 9.17) is 5.73 Å². The number of benzene rings is 1. The second kappa shape index (κ2) is 7.48. The van der Waals surface area contributed by atoms with Crippen molar-refractivity contribution in [2.45, 2.75) is 4.90 Å². The largest absolute Gasteiger partial charge is 0.320 e. The zero-order valence-corrected chi connectivity index (χ0v) is 12.4. The van der Waals surface area contributed by atoms with Gasteiger partial charge >= 0.3 is 0 Å². The van der Waals surface area contributed by atoms with E-state index in [9.17, 15) is 4.79 Å². The highest BCUT2D eigenvalue weighted by atomic mass is 32.2. The fraction of sp³-hybridized carbons (Fsp3) is 0.125. The quantitative estimate of drug-likeness (QED) is 0.674. The summed E-state index contributed by atoms with van der Waals surface area (Å²) in [4.78, 5) is 17.3. The maximum absolute atomic E-state index is 12.2. The Morgan fingerprint density at radius 2 is 2.14 bits per heavy atom. The maximum atomic E-state index is 12.2. The van der Waals surface area contributed by atoms with Gasteiger partial charge in [-0.3, -0.25) is 4.79 Å². The van der Waals surface area contributed by atoms with Gasteiger partial charge in [0.05, 0.1) is 12.2 Å². The molecule has 1 aromatic heterocycles. The zero-order chi connectivity index (χ0) is 15.1. The smallest absolute Gasteiger partial charge is 0.274 e. The molecule has 5 heteroatoms. The van der Waals surface area contributed by atoms with Crippen molar-refractivity contribution in [1.29, 1.82) is 0 Å². The number of carbonyl (C=O) groups excluding carboxylic acids is 1. The van der Waals surface area contributed by atoms with E-state index in [0.717, 1.165) is 16.1 Å². The summed E-state index contributed by atoms with van der Waals surface area (Å²) in [5.74, 6) is 5.37. The normalized spacial score (nSPS) is 9.62. The van der Waals surface area contributed by atoms with E-state index in [-0.39, 0.29) is 5.91 Å². The number of aromatic nitrogens is 1. The molecule has 2 rings (SSSR count). The van der Waals surface area contributed by atoms with E-state index >= 15 is 0 Å². The molecule has 0 saturated carbocycles. The number of hydrogen-bond donors (Lipinski definition) is 2. The van der Waals surface area contributed by atoms with E-state index < -0.39 is 0 Å². The molecular formula is C16H15N3OS. The van der Waals surface area contributed by atoms with E-state index in [0.29, 0.717) is 12.2 Å². The van der Waals surface area contributed by atoms with Crippen molar-refractivity contribution in [2.75, 3.05) is 18.1 Å². The minimum atomic E-state index is -0.241. The van der Waals surface area contributed by atoms with Crippen molar-refractivity contribution in [3.63, 3.8) is 0 Å². The molecule has 106 valence electrons. The van der Waals surface area contributed by atoms with E-state index in [1.807, 2.05) is 30.5 Å². The molecule has 0 aliphatic heterocycles. The summed E-state index contributed by atoms with van der Waals surface area (Å²) < 4.78 is 0. The summed E-state index contributed by atoms with van der Waals surface area (Å²) in [6, 6.07) is 11.0. The minimum absolute atomic E-state index is 0.241. The van der Waals surface area contributed by atoms with Crippen molar-refractivity contribution in [3.05, 3.63) is 53.9 Å². The summed E-state index contributed by atoms with van der Waals surface area (Å²) in [5, 5.41) is 2.86. The molecule has 0 atom stereocenters. The van der Waals surface area contributed by atoms with Crippen molar-refractivity contribution < 1.29 is 4.79 Å². The first-order valence-corrected chi connectivity index (χ1v) is 7.56. The third-order valence-corrected chi connectivity index (χ3v) is 3.48. The molecule has 2 aromatic rings. The second-order valence-electron chi connectivity index (χ2n) is 4.09. The van der Waals surface area contributed by atoms with Crippen LogP contribution in [0.4, 0.5) is 5.69 Å². The molecular weight excluding hydrogens is 282 g/mol. The standard InChI is InChI=1S/C16H15N3OS/c1-21-15-7-3-2-6-13(15)19-16(20)14-9-8-12(11-18-14)5-4-10-17/h2-3,6-9,11H,10,17H2,1H3,(H,19,20). The number of hydrogen-bond acceptors (Lipinski definition) is 4. The van der Waals surface area contributed by atoms with Crippen LogP contribution in [0.15, 0.2) is 47.5 Å². The molecule has 1 aromatic carbocycles. The fourth-order valence-corrected chi connectivity index (χ4v) is 2.24. The van der Waals surface area contributed by atoms with Crippen LogP contribution in [0, 0.1) is 11.8 Å². The van der Waals surface area contributed by atoms with Crippen LogP contribution in [0.3, 0.4) is 0 Å². The Balaban J connectivity index is 2.13. The van der Waals surface area contributed by atoms with Gasteiger partial charge in [0.25, 0.3) is 5.91 Å². The lowest BCUT2D eigenvalue weighted by Crippen LogP contribution is -2.14. The summed E-state index contributed by atoms with van der Waals surface area (Å²) in [5.41, 5.74) is 7.18. The summed E-state index contributed by atoms with van der Waals surface area (Å²) >= 11 is 1.58. The Morgan fingerprint density at radius 3 is 2.81 bits per heavy atom. The highest BCUT2D eigenvalue weighted by Crippen LogP contribution is 2.24. The first-order chi connectivity index (χ1) is 10.2. The zero-order valence-electron chi connectivity index (χ0n) is 11.6. The van der Waals surface area contributed by atoms with Crippen molar-refractivity contribution in [3.8, 4) is 11.8 Å². The molecule has 0 radical (unpaired) electrons. The lowest BCUT2D eigenvalue weighted by molar-refractivity contribution is 0.102. The van der Waals surface area contributed by atoms with Crippen LogP contribution in [0.25, 0.3) is 0 Å². The number of nitrogens with zero attached hydrogens (tertiary/aromatic N) is 1. The predicted octanol–water partition coefficient (Wildman–Crippen LogP) is 2.37. The third kappa shape index (κ3) is 4.09. The Bertz CT molecular complexity index is 687. The molecule has 0 aliphatic rings. The average Bonchev–Trinajstić information content (AvgIpc) is 2.54. The van der Waals surface area contributed by atoms with Gasteiger partial charge in [-0.2, -0.15) is 0 Å². The Morgan fingerprint density at radius 1 is 1.33 bits per heavy atom. The van der Waals surface area contributed by atoms with Crippen LogP contribution >= 0.6 is 11.8 Å². The number of carbonyl (C=O) groups is 1. The average molecular weight is 297 g/mol. The number of rotatable bonds is 3. The van der Waals surface area contributed by atoms with Gasteiger partial charge in [0.1, 0.15) is 5.69 Å². The summed E-state index contributed by atoms with van der Waals surface area (Å²) in [6.07, 6.45) is 3.53. The molecule has 0 bridgehead atoms. The van der Waals surface area contributed by atoms with Gasteiger partial charge in [-0.25, -0.2) is 4.98 Å². The van der Waals surface area contributed by atoms with Crippen LogP contribution in [0.2, 0.25) is 0 Å². The van der Waals surface area contributed by atoms with Crippen molar-refractivity contribution in [2.24, 2.45) is 5.73 Å². The predicted molar refractivity (Wildman–Crippen MR) is 86.3 cm³/mol. The van der Waals surface area contributed by atoms with Gasteiger partial charge in [-0.15, -0.1) is 11.8 Å².